The molecule has 2 atom stereocenters. The lowest BCUT2D eigenvalue weighted by Gasteiger charge is -2.29. The van der Waals surface area contributed by atoms with Gasteiger partial charge in [0.15, 0.2) is 0 Å². The van der Waals surface area contributed by atoms with Crippen LogP contribution in [0.2, 0.25) is 0 Å². The first-order valence-electron chi connectivity index (χ1n) is 25.7. The molecule has 0 amide bonds. The summed E-state index contributed by atoms with van der Waals surface area (Å²) in [7, 11) is 0. The third-order valence-corrected chi connectivity index (χ3v) is 14.9. The van der Waals surface area contributed by atoms with Crippen molar-refractivity contribution in [2.24, 2.45) is 0 Å². The molecule has 0 radical (unpaired) electrons. The molecule has 0 N–H and O–H groups in total. The number of benzene rings is 12. The summed E-state index contributed by atoms with van der Waals surface area (Å²) in [4.78, 5) is 7.11. The minimum Gasteiger partial charge on any atom is -0.311 e. The topological polar surface area (TPSA) is 9.72 Å². The van der Waals surface area contributed by atoms with Crippen molar-refractivity contribution in [3.05, 3.63) is 320 Å². The number of rotatable bonds is 13. The van der Waals surface area contributed by atoms with Crippen LogP contribution in [0.5, 0.6) is 0 Å². The summed E-state index contributed by atoms with van der Waals surface area (Å²) in [5.74, 6) is 1.32. The second kappa shape index (κ2) is 19.6. The molecule has 1 aliphatic rings. The molecule has 1 saturated carbocycles. The molecule has 74 heavy (non-hydrogen) atoms. The highest BCUT2D eigenvalue weighted by Crippen LogP contribution is 2.66. The van der Waals surface area contributed by atoms with E-state index in [-0.39, 0.29) is 0 Å². The first kappa shape index (κ1) is 44.5. The quantitative estimate of drug-likeness (QED) is 0.114. The van der Waals surface area contributed by atoms with E-state index in [1.54, 1.807) is 0 Å². The first-order chi connectivity index (χ1) is 36.7. The van der Waals surface area contributed by atoms with E-state index >= 15 is 0 Å². The molecule has 1 aliphatic carbocycles. The van der Waals surface area contributed by atoms with Gasteiger partial charge in [0.2, 0.25) is 0 Å². The van der Waals surface area contributed by atoms with Crippen LogP contribution in [0.1, 0.15) is 34.4 Å². The summed E-state index contributed by atoms with van der Waals surface area (Å²) >= 11 is 0. The van der Waals surface area contributed by atoms with E-state index in [1.807, 2.05) is 0 Å². The van der Waals surface area contributed by atoms with Crippen LogP contribution in [0.4, 0.5) is 51.2 Å². The van der Waals surface area contributed by atoms with E-state index in [4.69, 9.17) is 0 Å². The van der Waals surface area contributed by atoms with E-state index in [2.05, 4.69) is 318 Å². The maximum atomic E-state index is 2.42. The van der Waals surface area contributed by atoms with Gasteiger partial charge in [-0.15, -0.1) is 0 Å². The third kappa shape index (κ3) is 8.55. The summed E-state index contributed by atoms with van der Waals surface area (Å²) in [5, 5.41) is 4.82. The number of nitrogens with zero attached hydrogens (tertiary/aromatic N) is 3. The van der Waals surface area contributed by atoms with Gasteiger partial charge in [-0.05, 0) is 153 Å². The van der Waals surface area contributed by atoms with Crippen LogP contribution in [0.15, 0.2) is 303 Å². The Morgan fingerprint density at radius 3 is 0.851 bits per heavy atom. The highest BCUT2D eigenvalue weighted by Gasteiger charge is 2.52. The van der Waals surface area contributed by atoms with Crippen molar-refractivity contribution in [3.63, 3.8) is 0 Å². The lowest BCUT2D eigenvalue weighted by molar-refractivity contribution is 1.03. The summed E-state index contributed by atoms with van der Waals surface area (Å²) < 4.78 is 0. The highest BCUT2D eigenvalue weighted by atomic mass is 15.2. The van der Waals surface area contributed by atoms with Crippen molar-refractivity contribution >= 4 is 72.7 Å². The number of hydrogen-bond donors (Lipinski definition) is 0. The lowest BCUT2D eigenvalue weighted by atomic mass is 10.0. The molecule has 0 heterocycles. The fourth-order valence-electron chi connectivity index (χ4n) is 11.4. The van der Waals surface area contributed by atoms with Gasteiger partial charge in [0, 0.05) is 50.6 Å². The average molecular weight is 948 g/mol. The summed E-state index contributed by atoms with van der Waals surface area (Å²) in [6.45, 7) is 0. The van der Waals surface area contributed by atoms with Crippen LogP contribution in [0.3, 0.4) is 0 Å². The van der Waals surface area contributed by atoms with E-state index in [0.29, 0.717) is 17.8 Å². The molecule has 2 unspecified atom stereocenters. The van der Waals surface area contributed by atoms with E-state index in [1.165, 1.54) is 38.2 Å². The summed E-state index contributed by atoms with van der Waals surface area (Å²) in [6.07, 6.45) is 0. The fourth-order valence-corrected chi connectivity index (χ4v) is 11.4. The standard InChI is InChI=1S/C71H53N3/c1-5-21-55(22-6-1)69-70(56-23-7-2-8-24-56)71(69)57-39-45-63(46-40-57)73(67-33-17-25-53-19-13-15-31-65(53)67)61-41-35-51(36-42-61)52-37-43-62(44-38-52)74(68-34-18-26-54-20-14-16-32-66(54)68)64-49-47-60(48-50-64)72(58-27-9-3-10-28-58)59-29-11-4-12-30-59/h1-50,69-71H. The second-order valence-corrected chi connectivity index (χ2v) is 19.3. The zero-order valence-electron chi connectivity index (χ0n) is 40.9. The van der Waals surface area contributed by atoms with Gasteiger partial charge in [-0.1, -0.05) is 206 Å². The molecule has 0 aromatic heterocycles. The van der Waals surface area contributed by atoms with Crippen LogP contribution in [-0.2, 0) is 0 Å². The van der Waals surface area contributed by atoms with Crippen LogP contribution < -0.4 is 14.7 Å². The molecule has 12 aromatic carbocycles. The van der Waals surface area contributed by atoms with Gasteiger partial charge in [-0.2, -0.15) is 0 Å². The Morgan fingerprint density at radius 1 is 0.189 bits per heavy atom. The highest BCUT2D eigenvalue weighted by molar-refractivity contribution is 6.00. The Labute approximate surface area is 434 Å². The monoisotopic (exact) mass is 947 g/mol. The van der Waals surface area contributed by atoms with Crippen molar-refractivity contribution in [2.75, 3.05) is 14.7 Å². The molecule has 3 nitrogen and oxygen atoms in total. The number of fused-ring (bicyclic) bond motifs is 2. The maximum absolute atomic E-state index is 2.42. The Kier molecular flexibility index (Phi) is 11.8. The van der Waals surface area contributed by atoms with Gasteiger partial charge < -0.3 is 14.7 Å². The zero-order chi connectivity index (χ0) is 49.2. The number of hydrogen-bond acceptors (Lipinski definition) is 3. The molecule has 1 fully saturated rings. The predicted octanol–water partition coefficient (Wildman–Crippen LogP) is 19.7. The van der Waals surface area contributed by atoms with Gasteiger partial charge in [0.05, 0.1) is 11.4 Å². The SMILES string of the molecule is c1ccc(C2C(c3ccccc3)C2c2ccc(N(c3ccc(-c4ccc(N(c5ccc(N(c6ccccc6)c6ccccc6)cc5)c5cccc6ccccc56)cc4)cc3)c3cccc4ccccc34)cc2)cc1. The van der Waals surface area contributed by atoms with Gasteiger partial charge in [-0.3, -0.25) is 0 Å². The molecule has 0 aliphatic heterocycles. The molecule has 0 bridgehead atoms. The summed E-state index contributed by atoms with van der Waals surface area (Å²) in [5.41, 5.74) is 16.5. The van der Waals surface area contributed by atoms with E-state index in [9.17, 15) is 0 Å². The van der Waals surface area contributed by atoms with Crippen molar-refractivity contribution in [2.45, 2.75) is 17.8 Å². The molecular formula is C71H53N3. The largest absolute Gasteiger partial charge is 0.311 e. The fraction of sp³-hybridized carbons (Fsp3) is 0.0423. The Bertz CT molecular complexity index is 3730. The zero-order valence-corrected chi connectivity index (χ0v) is 40.9. The van der Waals surface area contributed by atoms with Crippen molar-refractivity contribution in [3.8, 4) is 11.1 Å². The summed E-state index contributed by atoms with van der Waals surface area (Å²) in [6, 6.07) is 110. The smallest absolute Gasteiger partial charge is 0.0540 e. The van der Waals surface area contributed by atoms with Crippen molar-refractivity contribution in [1.29, 1.82) is 0 Å². The van der Waals surface area contributed by atoms with Gasteiger partial charge in [0.25, 0.3) is 0 Å². The van der Waals surface area contributed by atoms with Crippen LogP contribution in [-0.4, -0.2) is 0 Å². The second-order valence-electron chi connectivity index (χ2n) is 19.3. The minimum absolute atomic E-state index is 0.418. The molecular weight excluding hydrogens is 895 g/mol. The predicted molar refractivity (Wildman–Crippen MR) is 312 cm³/mol. The molecule has 13 rings (SSSR count). The van der Waals surface area contributed by atoms with Gasteiger partial charge >= 0.3 is 0 Å². The normalized spacial score (nSPS) is 14.9. The maximum Gasteiger partial charge on any atom is 0.0540 e. The van der Waals surface area contributed by atoms with E-state index in [0.717, 1.165) is 62.3 Å². The Hall–Kier alpha value is -9.44. The molecule has 12 aromatic rings. The van der Waals surface area contributed by atoms with E-state index < -0.39 is 0 Å². The number of anilines is 9. The van der Waals surface area contributed by atoms with Crippen molar-refractivity contribution < 1.29 is 0 Å². The minimum atomic E-state index is 0.418. The molecule has 0 spiro atoms. The molecule has 352 valence electrons. The van der Waals surface area contributed by atoms with Crippen LogP contribution in [0, 0.1) is 0 Å². The van der Waals surface area contributed by atoms with Crippen LogP contribution >= 0.6 is 0 Å². The van der Waals surface area contributed by atoms with Crippen LogP contribution in [0.25, 0.3) is 32.7 Å². The average Bonchev–Trinajstić information content (AvgIpc) is 4.24. The Morgan fingerprint density at radius 2 is 0.459 bits per heavy atom. The van der Waals surface area contributed by atoms with Gasteiger partial charge in [-0.25, -0.2) is 0 Å². The number of para-hydroxylation sites is 2. The van der Waals surface area contributed by atoms with Gasteiger partial charge in [0.1, 0.15) is 0 Å². The third-order valence-electron chi connectivity index (χ3n) is 14.9. The first-order valence-corrected chi connectivity index (χ1v) is 25.7. The van der Waals surface area contributed by atoms with Crippen molar-refractivity contribution in [1.82, 2.24) is 0 Å². The molecule has 3 heteroatoms. The molecule has 0 saturated heterocycles. The lowest BCUT2D eigenvalue weighted by Crippen LogP contribution is -2.12. The Balaban J connectivity index is 0.833.